The van der Waals surface area contributed by atoms with Crippen LogP contribution >= 0.6 is 12.4 Å². The maximum absolute atomic E-state index is 5.57. The normalized spacial score (nSPS) is 12.3. The van der Waals surface area contributed by atoms with Gasteiger partial charge in [-0.2, -0.15) is 0 Å². The predicted octanol–water partition coefficient (Wildman–Crippen LogP) is 0.418. The number of rotatable bonds is 5. The van der Waals surface area contributed by atoms with Crippen molar-refractivity contribution >= 4 is 12.4 Å². The van der Waals surface area contributed by atoms with E-state index in [1.807, 2.05) is 0 Å². The largest absolute Gasteiger partial charge is 0.385 e. The van der Waals surface area contributed by atoms with E-state index in [0.717, 1.165) is 6.42 Å². The first-order valence-corrected chi connectivity index (χ1v) is 3.04. The van der Waals surface area contributed by atoms with Gasteiger partial charge in [0.15, 0.2) is 0 Å². The topological polar surface area (TPSA) is 44.5 Å². The van der Waals surface area contributed by atoms with Gasteiger partial charge in [-0.15, -0.1) is 12.4 Å². The highest BCUT2D eigenvalue weighted by Crippen LogP contribution is 1.87. The van der Waals surface area contributed by atoms with Crippen molar-refractivity contribution < 1.29 is 9.47 Å². The molecule has 0 aliphatic carbocycles. The van der Waals surface area contributed by atoms with E-state index in [9.17, 15) is 0 Å². The van der Waals surface area contributed by atoms with E-state index in [-0.39, 0.29) is 18.4 Å². The molecule has 0 spiro atoms. The van der Waals surface area contributed by atoms with Crippen LogP contribution in [0, 0.1) is 0 Å². The zero-order chi connectivity index (χ0) is 7.11. The SMILES string of the molecule is COCCC(N)COC.Cl. The first kappa shape index (κ1) is 12.8. The molecule has 2 N–H and O–H groups in total. The van der Waals surface area contributed by atoms with Gasteiger partial charge < -0.3 is 15.2 Å². The molecule has 0 aliphatic heterocycles. The molecule has 0 aliphatic rings. The Labute approximate surface area is 68.3 Å². The summed E-state index contributed by atoms with van der Waals surface area (Å²) in [4.78, 5) is 0. The molecule has 0 aromatic heterocycles. The summed E-state index contributed by atoms with van der Waals surface area (Å²) in [5, 5.41) is 0. The molecule has 3 nitrogen and oxygen atoms in total. The summed E-state index contributed by atoms with van der Waals surface area (Å²) in [7, 11) is 3.31. The second kappa shape index (κ2) is 9.17. The quantitative estimate of drug-likeness (QED) is 0.649. The van der Waals surface area contributed by atoms with Crippen molar-refractivity contribution in [3.63, 3.8) is 0 Å². The Morgan fingerprint density at radius 2 is 1.90 bits per heavy atom. The standard InChI is InChI=1S/C6H15NO2.ClH/c1-8-4-3-6(7)5-9-2;/h6H,3-5,7H2,1-2H3;1H. The molecule has 0 amide bonds. The van der Waals surface area contributed by atoms with Crippen LogP contribution in [0.4, 0.5) is 0 Å². The van der Waals surface area contributed by atoms with Crippen molar-refractivity contribution in [2.45, 2.75) is 12.5 Å². The zero-order valence-electron chi connectivity index (χ0n) is 6.50. The molecule has 0 aromatic carbocycles. The van der Waals surface area contributed by atoms with Crippen LogP contribution < -0.4 is 5.73 Å². The predicted molar refractivity (Wildman–Crippen MR) is 43.6 cm³/mol. The van der Waals surface area contributed by atoms with Gasteiger partial charge in [-0.1, -0.05) is 0 Å². The van der Waals surface area contributed by atoms with Gasteiger partial charge in [0, 0.05) is 26.9 Å². The van der Waals surface area contributed by atoms with Crippen molar-refractivity contribution in [1.82, 2.24) is 0 Å². The fraction of sp³-hybridized carbons (Fsp3) is 1.00. The fourth-order valence-corrected chi connectivity index (χ4v) is 0.567. The molecule has 10 heavy (non-hydrogen) atoms. The van der Waals surface area contributed by atoms with Gasteiger partial charge in [-0.25, -0.2) is 0 Å². The monoisotopic (exact) mass is 169 g/mol. The molecular formula is C6H16ClNO2. The van der Waals surface area contributed by atoms with Gasteiger partial charge in [0.25, 0.3) is 0 Å². The van der Waals surface area contributed by atoms with E-state index in [1.165, 1.54) is 0 Å². The van der Waals surface area contributed by atoms with Crippen LogP contribution in [0.25, 0.3) is 0 Å². The highest BCUT2D eigenvalue weighted by atomic mass is 35.5. The number of hydrogen-bond acceptors (Lipinski definition) is 3. The number of hydrogen-bond donors (Lipinski definition) is 1. The smallest absolute Gasteiger partial charge is 0.0614 e. The maximum Gasteiger partial charge on any atom is 0.0614 e. The lowest BCUT2D eigenvalue weighted by molar-refractivity contribution is 0.145. The average molecular weight is 170 g/mol. The molecule has 4 heteroatoms. The van der Waals surface area contributed by atoms with E-state index in [4.69, 9.17) is 15.2 Å². The minimum absolute atomic E-state index is 0. The van der Waals surface area contributed by atoms with Crippen LogP contribution in [-0.4, -0.2) is 33.5 Å². The lowest BCUT2D eigenvalue weighted by atomic mass is 10.2. The third-order valence-corrected chi connectivity index (χ3v) is 1.07. The lowest BCUT2D eigenvalue weighted by Gasteiger charge is -2.07. The lowest BCUT2D eigenvalue weighted by Crippen LogP contribution is -2.26. The van der Waals surface area contributed by atoms with Gasteiger partial charge in [-0.05, 0) is 6.42 Å². The summed E-state index contributed by atoms with van der Waals surface area (Å²) in [6.45, 7) is 1.33. The molecule has 1 atom stereocenters. The van der Waals surface area contributed by atoms with Crippen LogP contribution in [0.5, 0.6) is 0 Å². The summed E-state index contributed by atoms with van der Waals surface area (Å²) in [5.74, 6) is 0. The molecule has 0 saturated carbocycles. The Bertz CT molecular complexity index is 63.7. The van der Waals surface area contributed by atoms with Crippen LogP contribution in [-0.2, 0) is 9.47 Å². The Morgan fingerprint density at radius 3 is 2.30 bits per heavy atom. The molecule has 0 fully saturated rings. The van der Waals surface area contributed by atoms with E-state index in [0.29, 0.717) is 13.2 Å². The molecule has 0 radical (unpaired) electrons. The van der Waals surface area contributed by atoms with Crippen molar-refractivity contribution in [3.8, 4) is 0 Å². The van der Waals surface area contributed by atoms with Gasteiger partial charge >= 0.3 is 0 Å². The fourth-order valence-electron chi connectivity index (χ4n) is 0.567. The van der Waals surface area contributed by atoms with Crippen LogP contribution in [0.2, 0.25) is 0 Å². The molecular weight excluding hydrogens is 154 g/mol. The maximum atomic E-state index is 5.57. The number of ether oxygens (including phenoxy) is 2. The van der Waals surface area contributed by atoms with Gasteiger partial charge in [0.05, 0.1) is 6.61 Å². The number of methoxy groups -OCH3 is 2. The van der Waals surface area contributed by atoms with E-state index in [2.05, 4.69) is 0 Å². The molecule has 0 saturated heterocycles. The molecule has 0 aromatic rings. The zero-order valence-corrected chi connectivity index (χ0v) is 7.32. The summed E-state index contributed by atoms with van der Waals surface area (Å²) < 4.78 is 9.64. The second-order valence-corrected chi connectivity index (χ2v) is 2.00. The number of nitrogens with two attached hydrogens (primary N) is 1. The molecule has 1 unspecified atom stereocenters. The summed E-state index contributed by atoms with van der Waals surface area (Å²) in [6.07, 6.45) is 0.865. The van der Waals surface area contributed by atoms with E-state index in [1.54, 1.807) is 14.2 Å². The Hall–Kier alpha value is 0.170. The van der Waals surface area contributed by atoms with E-state index >= 15 is 0 Å². The Kier molecular flexibility index (Phi) is 11.7. The van der Waals surface area contributed by atoms with Gasteiger partial charge in [-0.3, -0.25) is 0 Å². The summed E-state index contributed by atoms with van der Waals surface area (Å²) in [5.41, 5.74) is 5.57. The first-order chi connectivity index (χ1) is 4.31. The van der Waals surface area contributed by atoms with Crippen molar-refractivity contribution in [2.75, 3.05) is 27.4 Å². The van der Waals surface area contributed by atoms with Gasteiger partial charge in [0.1, 0.15) is 0 Å². The third kappa shape index (κ3) is 8.17. The minimum atomic E-state index is 0. The van der Waals surface area contributed by atoms with Crippen molar-refractivity contribution in [1.29, 1.82) is 0 Å². The number of halogens is 1. The molecule has 0 bridgehead atoms. The van der Waals surface area contributed by atoms with Crippen LogP contribution in [0.3, 0.4) is 0 Å². The molecule has 64 valence electrons. The average Bonchev–Trinajstić information content (AvgIpc) is 1.85. The Morgan fingerprint density at radius 1 is 1.30 bits per heavy atom. The second-order valence-electron chi connectivity index (χ2n) is 2.00. The Balaban J connectivity index is 0. The summed E-state index contributed by atoms with van der Waals surface area (Å²) >= 11 is 0. The first-order valence-electron chi connectivity index (χ1n) is 3.04. The highest BCUT2D eigenvalue weighted by molar-refractivity contribution is 5.85. The van der Waals surface area contributed by atoms with E-state index < -0.39 is 0 Å². The van der Waals surface area contributed by atoms with Crippen LogP contribution in [0.15, 0.2) is 0 Å². The third-order valence-electron chi connectivity index (χ3n) is 1.07. The van der Waals surface area contributed by atoms with Crippen LogP contribution in [0.1, 0.15) is 6.42 Å². The van der Waals surface area contributed by atoms with Crippen molar-refractivity contribution in [3.05, 3.63) is 0 Å². The summed E-state index contributed by atoms with van der Waals surface area (Å²) in [6, 6.07) is 0.120. The molecule has 0 heterocycles. The minimum Gasteiger partial charge on any atom is -0.385 e. The molecule has 0 rings (SSSR count). The highest BCUT2D eigenvalue weighted by Gasteiger charge is 1.98. The van der Waals surface area contributed by atoms with Gasteiger partial charge in [0.2, 0.25) is 0 Å². The van der Waals surface area contributed by atoms with Crippen molar-refractivity contribution in [2.24, 2.45) is 5.73 Å².